The summed E-state index contributed by atoms with van der Waals surface area (Å²) in [5.41, 5.74) is -0.319. The van der Waals surface area contributed by atoms with Crippen LogP contribution in [0.1, 0.15) is 84.0 Å². The molecule has 3 aliphatic rings. The number of hydrogen-bond acceptors (Lipinski definition) is 4. The van der Waals surface area contributed by atoms with Crippen LogP contribution < -0.4 is 0 Å². The molecule has 0 bridgehead atoms. The minimum Gasteiger partial charge on any atom is -0.461 e. The molecule has 132 valence electrons. The van der Waals surface area contributed by atoms with E-state index in [2.05, 4.69) is 22.6 Å². The number of hydrogen-bond donors (Lipinski definition) is 1. The number of carbonyl (C=O) groups is 1. The highest BCUT2D eigenvalue weighted by atomic mass is 127. The molecule has 1 aliphatic heterocycles. The molecule has 1 saturated heterocycles. The van der Waals surface area contributed by atoms with Crippen molar-refractivity contribution in [2.24, 2.45) is 0 Å². The average Bonchev–Trinajstić information content (AvgIpc) is 2.54. The van der Waals surface area contributed by atoms with E-state index in [0.717, 1.165) is 38.5 Å². The van der Waals surface area contributed by atoms with Gasteiger partial charge in [-0.25, -0.2) is 0 Å². The molecule has 5 heteroatoms. The molecule has 0 aromatic rings. The molecule has 3 fully saturated rings. The summed E-state index contributed by atoms with van der Waals surface area (Å²) in [6, 6.07) is 0. The molecule has 3 rings (SSSR count). The number of ether oxygens (including phenoxy) is 1. The van der Waals surface area contributed by atoms with Crippen LogP contribution in [0.5, 0.6) is 0 Å². The summed E-state index contributed by atoms with van der Waals surface area (Å²) < 4.78 is 5.76. The van der Waals surface area contributed by atoms with Crippen LogP contribution in [0, 0.1) is 0 Å². The van der Waals surface area contributed by atoms with Gasteiger partial charge in [0.1, 0.15) is 10.0 Å². The van der Waals surface area contributed by atoms with Gasteiger partial charge in [0, 0.05) is 12.8 Å². The third-order valence-electron chi connectivity index (χ3n) is 6.29. The van der Waals surface area contributed by atoms with E-state index in [1.54, 1.807) is 5.06 Å². The second-order valence-corrected chi connectivity index (χ2v) is 9.83. The van der Waals surface area contributed by atoms with E-state index in [9.17, 15) is 10.0 Å². The molecule has 2 saturated carbocycles. The topological polar surface area (TPSA) is 49.8 Å². The van der Waals surface area contributed by atoms with Crippen molar-refractivity contribution in [1.82, 2.24) is 5.06 Å². The van der Waals surface area contributed by atoms with Gasteiger partial charge in [0.25, 0.3) is 0 Å². The first-order valence-electron chi connectivity index (χ1n) is 9.31. The van der Waals surface area contributed by atoms with Gasteiger partial charge >= 0.3 is 5.97 Å². The number of carbonyl (C=O) groups excluding carboxylic acids is 1. The van der Waals surface area contributed by atoms with Crippen molar-refractivity contribution in [2.45, 2.75) is 105 Å². The average molecular weight is 435 g/mol. The second kappa shape index (κ2) is 7.16. The van der Waals surface area contributed by atoms with Crippen LogP contribution in [0.25, 0.3) is 0 Å². The lowest BCUT2D eigenvalue weighted by molar-refractivity contribution is -0.292. The molecular weight excluding hydrogens is 405 g/mol. The summed E-state index contributed by atoms with van der Waals surface area (Å²) in [6.45, 7) is 1.89. The molecule has 1 atom stereocenters. The Morgan fingerprint density at radius 1 is 1.04 bits per heavy atom. The maximum Gasteiger partial charge on any atom is 0.318 e. The van der Waals surface area contributed by atoms with Crippen LogP contribution >= 0.6 is 22.6 Å². The van der Waals surface area contributed by atoms with Crippen molar-refractivity contribution < 1.29 is 14.7 Å². The van der Waals surface area contributed by atoms with Crippen LogP contribution in [0.15, 0.2) is 0 Å². The molecule has 0 amide bonds. The van der Waals surface area contributed by atoms with Crippen molar-refractivity contribution >= 4 is 28.6 Å². The fourth-order valence-electron chi connectivity index (χ4n) is 5.19. The van der Waals surface area contributed by atoms with E-state index in [1.165, 1.54) is 38.5 Å². The van der Waals surface area contributed by atoms with Crippen LogP contribution in [-0.2, 0) is 9.53 Å². The number of halogens is 1. The number of esters is 1. The van der Waals surface area contributed by atoms with E-state index in [1.807, 2.05) is 6.92 Å². The van der Waals surface area contributed by atoms with Crippen LogP contribution in [0.2, 0.25) is 0 Å². The SMILES string of the molecule is CC(I)C(=O)OC1CC2(CCCCC2)N(O)C2(CCCCC2)C1. The number of alkyl halides is 1. The Morgan fingerprint density at radius 3 is 1.87 bits per heavy atom. The summed E-state index contributed by atoms with van der Waals surface area (Å²) in [7, 11) is 0. The minimum absolute atomic E-state index is 0.0284. The van der Waals surface area contributed by atoms with E-state index in [4.69, 9.17) is 4.74 Å². The number of piperidine rings is 1. The highest BCUT2D eigenvalue weighted by Crippen LogP contribution is 2.51. The first-order valence-corrected chi connectivity index (χ1v) is 10.6. The summed E-state index contributed by atoms with van der Waals surface area (Å²) in [6.07, 6.45) is 13.0. The highest BCUT2D eigenvalue weighted by molar-refractivity contribution is 14.1. The first kappa shape index (κ1) is 17.9. The minimum atomic E-state index is -0.159. The van der Waals surface area contributed by atoms with Crippen molar-refractivity contribution in [1.29, 1.82) is 0 Å². The van der Waals surface area contributed by atoms with Crippen molar-refractivity contribution in [3.8, 4) is 0 Å². The van der Waals surface area contributed by atoms with Gasteiger partial charge in [0.15, 0.2) is 0 Å². The van der Waals surface area contributed by atoms with E-state index < -0.39 is 0 Å². The maximum atomic E-state index is 12.1. The largest absolute Gasteiger partial charge is 0.461 e. The monoisotopic (exact) mass is 435 g/mol. The zero-order chi connectivity index (χ0) is 16.5. The fraction of sp³-hybridized carbons (Fsp3) is 0.944. The molecule has 1 unspecified atom stereocenters. The zero-order valence-corrected chi connectivity index (χ0v) is 16.4. The Hall–Kier alpha value is 0.120. The standard InChI is InChI=1S/C18H30INO3/c1-14(19)16(21)23-15-12-17(8-4-2-5-9-17)20(22)18(13-15)10-6-3-7-11-18/h14-15,22H,2-13H2,1H3. The lowest BCUT2D eigenvalue weighted by Crippen LogP contribution is -2.66. The molecule has 0 radical (unpaired) electrons. The molecule has 0 aromatic heterocycles. The Kier molecular flexibility index (Phi) is 5.58. The quantitative estimate of drug-likeness (QED) is 0.391. The molecule has 0 aromatic carbocycles. The summed E-state index contributed by atoms with van der Waals surface area (Å²) in [5.74, 6) is -0.0982. The molecule has 2 spiro atoms. The highest BCUT2D eigenvalue weighted by Gasteiger charge is 2.55. The van der Waals surface area contributed by atoms with Gasteiger partial charge in [-0.3, -0.25) is 4.79 Å². The lowest BCUT2D eigenvalue weighted by Gasteiger charge is -2.59. The van der Waals surface area contributed by atoms with Gasteiger partial charge in [-0.2, -0.15) is 5.06 Å². The fourth-order valence-corrected chi connectivity index (χ4v) is 5.34. The van der Waals surface area contributed by atoms with Gasteiger partial charge in [-0.1, -0.05) is 61.1 Å². The summed E-state index contributed by atoms with van der Waals surface area (Å²) in [4.78, 5) is 12.1. The smallest absolute Gasteiger partial charge is 0.318 e. The van der Waals surface area contributed by atoms with Crippen molar-refractivity contribution in [2.75, 3.05) is 0 Å². The molecule has 4 nitrogen and oxygen atoms in total. The van der Waals surface area contributed by atoms with Crippen molar-refractivity contribution in [3.05, 3.63) is 0 Å². The molecule has 23 heavy (non-hydrogen) atoms. The predicted molar refractivity (Wildman–Crippen MR) is 97.9 cm³/mol. The number of nitrogens with zero attached hydrogens (tertiary/aromatic N) is 1. The molecule has 2 aliphatic carbocycles. The van der Waals surface area contributed by atoms with Crippen LogP contribution in [0.3, 0.4) is 0 Å². The predicted octanol–water partition coefficient (Wildman–Crippen LogP) is 4.61. The zero-order valence-electron chi connectivity index (χ0n) is 14.2. The van der Waals surface area contributed by atoms with Crippen LogP contribution in [0.4, 0.5) is 0 Å². The van der Waals surface area contributed by atoms with Crippen LogP contribution in [-0.4, -0.2) is 37.3 Å². The van der Waals surface area contributed by atoms with Gasteiger partial charge in [0.05, 0.1) is 11.1 Å². The summed E-state index contributed by atoms with van der Waals surface area (Å²) in [5, 5.41) is 13.0. The second-order valence-electron chi connectivity index (χ2n) is 7.96. The van der Waals surface area contributed by atoms with E-state index in [0.29, 0.717) is 0 Å². The Balaban J connectivity index is 1.83. The normalized spacial score (nSPS) is 31.9. The maximum absolute atomic E-state index is 12.1. The van der Waals surface area contributed by atoms with Gasteiger partial charge < -0.3 is 9.94 Å². The van der Waals surface area contributed by atoms with Crippen molar-refractivity contribution in [3.63, 3.8) is 0 Å². The molecular formula is C18H30INO3. The summed E-state index contributed by atoms with van der Waals surface area (Å²) >= 11 is 2.13. The van der Waals surface area contributed by atoms with E-state index >= 15 is 0 Å². The van der Waals surface area contributed by atoms with Gasteiger partial charge in [-0.15, -0.1) is 0 Å². The van der Waals surface area contributed by atoms with E-state index in [-0.39, 0.29) is 27.1 Å². The lowest BCUT2D eigenvalue weighted by atomic mass is 9.66. The molecule has 1 N–H and O–H groups in total. The van der Waals surface area contributed by atoms with Gasteiger partial charge in [-0.05, 0) is 32.6 Å². The third kappa shape index (κ3) is 3.56. The van der Waals surface area contributed by atoms with Gasteiger partial charge in [0.2, 0.25) is 0 Å². The third-order valence-corrected chi connectivity index (χ3v) is 6.80. The Morgan fingerprint density at radius 2 is 1.48 bits per heavy atom. The first-order chi connectivity index (χ1) is 11.0. The molecule has 1 heterocycles. The Bertz CT molecular complexity index is 400. The number of rotatable bonds is 2. The number of hydroxylamine groups is 2. The Labute approximate surface area is 153 Å².